The van der Waals surface area contributed by atoms with Crippen LogP contribution in [0.4, 0.5) is 8.78 Å². The van der Waals surface area contributed by atoms with E-state index in [4.69, 9.17) is 0 Å². The third-order valence-electron chi connectivity index (χ3n) is 3.93. The van der Waals surface area contributed by atoms with E-state index in [9.17, 15) is 13.9 Å². The van der Waals surface area contributed by atoms with E-state index in [-0.39, 0.29) is 25.7 Å². The largest absolute Gasteiger partial charge is 0.395 e. The Balaban J connectivity index is 2.08. The van der Waals surface area contributed by atoms with E-state index in [0.717, 1.165) is 22.3 Å². The maximum atomic E-state index is 12.9. The molecule has 1 aliphatic rings. The molecule has 0 spiro atoms. The first kappa shape index (κ1) is 14.2. The Bertz CT molecular complexity index is 584. The lowest BCUT2D eigenvalue weighted by molar-refractivity contribution is 0.0641. The molecule has 0 bridgehead atoms. The molecule has 4 heteroatoms. The summed E-state index contributed by atoms with van der Waals surface area (Å²) in [4.78, 5) is 1.66. The van der Waals surface area contributed by atoms with Crippen molar-refractivity contribution in [3.8, 4) is 11.1 Å². The molecule has 2 nitrogen and oxygen atoms in total. The van der Waals surface area contributed by atoms with E-state index in [0.29, 0.717) is 0 Å². The lowest BCUT2D eigenvalue weighted by atomic mass is 10.0. The van der Waals surface area contributed by atoms with Gasteiger partial charge in [0.25, 0.3) is 6.43 Å². The second-order valence-electron chi connectivity index (χ2n) is 5.19. The number of hydrogen-bond donors (Lipinski definition) is 1. The zero-order valence-electron chi connectivity index (χ0n) is 11.5. The van der Waals surface area contributed by atoms with Gasteiger partial charge in [-0.3, -0.25) is 4.90 Å². The fourth-order valence-corrected chi connectivity index (χ4v) is 3.15. The van der Waals surface area contributed by atoms with Crippen molar-refractivity contribution in [1.82, 2.24) is 4.90 Å². The third-order valence-corrected chi connectivity index (χ3v) is 3.93. The topological polar surface area (TPSA) is 23.5 Å². The van der Waals surface area contributed by atoms with Crippen LogP contribution >= 0.6 is 0 Å². The number of hydrogen-bond acceptors (Lipinski definition) is 2. The average molecular weight is 289 g/mol. The highest BCUT2D eigenvalue weighted by Crippen LogP contribution is 2.46. The van der Waals surface area contributed by atoms with Gasteiger partial charge in [0, 0.05) is 6.54 Å². The Hall–Kier alpha value is -1.78. The van der Waals surface area contributed by atoms with Crippen LogP contribution in [0.3, 0.4) is 0 Å². The van der Waals surface area contributed by atoms with Crippen molar-refractivity contribution in [2.45, 2.75) is 12.5 Å². The molecule has 0 saturated carbocycles. The first-order valence-electron chi connectivity index (χ1n) is 7.03. The van der Waals surface area contributed by atoms with Crippen molar-refractivity contribution in [2.75, 3.05) is 19.7 Å². The van der Waals surface area contributed by atoms with Crippen molar-refractivity contribution >= 4 is 0 Å². The quantitative estimate of drug-likeness (QED) is 0.913. The lowest BCUT2D eigenvalue weighted by Crippen LogP contribution is -2.35. The van der Waals surface area contributed by atoms with Crippen LogP contribution in [0.1, 0.15) is 17.2 Å². The number of halogens is 2. The molecule has 2 aromatic rings. The van der Waals surface area contributed by atoms with Crippen molar-refractivity contribution < 1.29 is 13.9 Å². The predicted molar refractivity (Wildman–Crippen MR) is 78.4 cm³/mol. The Labute approximate surface area is 122 Å². The Morgan fingerprint density at radius 1 is 0.952 bits per heavy atom. The molecule has 0 heterocycles. The summed E-state index contributed by atoms with van der Waals surface area (Å²) in [6.45, 7) is -0.237. The van der Waals surface area contributed by atoms with E-state index in [2.05, 4.69) is 0 Å². The summed E-state index contributed by atoms with van der Waals surface area (Å²) in [5.74, 6) is 0. The second kappa shape index (κ2) is 5.92. The summed E-state index contributed by atoms with van der Waals surface area (Å²) >= 11 is 0. The Morgan fingerprint density at radius 2 is 1.48 bits per heavy atom. The minimum absolute atomic E-state index is 0.131. The highest BCUT2D eigenvalue weighted by Gasteiger charge is 2.33. The van der Waals surface area contributed by atoms with Gasteiger partial charge in [-0.1, -0.05) is 48.5 Å². The van der Waals surface area contributed by atoms with Gasteiger partial charge in [0.2, 0.25) is 0 Å². The molecule has 0 radical (unpaired) electrons. The monoisotopic (exact) mass is 289 g/mol. The fourth-order valence-electron chi connectivity index (χ4n) is 3.15. The standard InChI is InChI=1S/C17H17F2NO/c18-16(19)11-20(9-10-21)17-14-7-3-1-5-12(14)13-6-2-4-8-15(13)17/h1-8,16-17,21H,9-11H2. The summed E-state index contributed by atoms with van der Waals surface area (Å²) in [6.07, 6.45) is -2.42. The number of nitrogens with zero attached hydrogens (tertiary/aromatic N) is 1. The van der Waals surface area contributed by atoms with Gasteiger partial charge in [0.15, 0.2) is 0 Å². The molecule has 0 amide bonds. The van der Waals surface area contributed by atoms with Gasteiger partial charge in [0.1, 0.15) is 0 Å². The normalized spacial score (nSPS) is 13.8. The molecular weight excluding hydrogens is 272 g/mol. The highest BCUT2D eigenvalue weighted by atomic mass is 19.3. The van der Waals surface area contributed by atoms with Crippen LogP contribution in [0.2, 0.25) is 0 Å². The number of aliphatic hydroxyl groups is 1. The molecular formula is C17H17F2NO. The first-order valence-corrected chi connectivity index (χ1v) is 7.03. The van der Waals surface area contributed by atoms with Crippen molar-refractivity contribution in [3.63, 3.8) is 0 Å². The maximum absolute atomic E-state index is 12.9. The fraction of sp³-hybridized carbons (Fsp3) is 0.294. The van der Waals surface area contributed by atoms with Gasteiger partial charge in [-0.2, -0.15) is 0 Å². The van der Waals surface area contributed by atoms with Crippen molar-refractivity contribution in [2.24, 2.45) is 0 Å². The Morgan fingerprint density at radius 3 is 1.95 bits per heavy atom. The van der Waals surface area contributed by atoms with Gasteiger partial charge < -0.3 is 5.11 Å². The van der Waals surface area contributed by atoms with Crippen molar-refractivity contribution in [1.29, 1.82) is 0 Å². The van der Waals surface area contributed by atoms with E-state index < -0.39 is 6.43 Å². The summed E-state index contributed by atoms with van der Waals surface area (Å²) in [5, 5.41) is 9.22. The molecule has 0 aliphatic heterocycles. The second-order valence-corrected chi connectivity index (χ2v) is 5.19. The van der Waals surface area contributed by atoms with Crippen LogP contribution < -0.4 is 0 Å². The average Bonchev–Trinajstić information content (AvgIpc) is 2.81. The molecule has 0 saturated heterocycles. The van der Waals surface area contributed by atoms with Gasteiger partial charge in [-0.25, -0.2) is 8.78 Å². The molecule has 1 N–H and O–H groups in total. The minimum atomic E-state index is -2.42. The first-order chi connectivity index (χ1) is 10.2. The smallest absolute Gasteiger partial charge is 0.251 e. The molecule has 0 fully saturated rings. The maximum Gasteiger partial charge on any atom is 0.251 e. The molecule has 0 atom stereocenters. The predicted octanol–water partition coefficient (Wildman–Crippen LogP) is 3.32. The highest BCUT2D eigenvalue weighted by molar-refractivity contribution is 5.78. The molecule has 110 valence electrons. The lowest BCUT2D eigenvalue weighted by Gasteiger charge is -2.29. The Kier molecular flexibility index (Phi) is 3.99. The summed E-state index contributed by atoms with van der Waals surface area (Å²) in [7, 11) is 0. The van der Waals surface area contributed by atoms with Crippen LogP contribution in [-0.4, -0.2) is 36.1 Å². The number of alkyl halides is 2. The zero-order chi connectivity index (χ0) is 14.8. The SMILES string of the molecule is OCCN(CC(F)F)C1c2ccccc2-c2ccccc21. The minimum Gasteiger partial charge on any atom is -0.395 e. The summed E-state index contributed by atoms with van der Waals surface area (Å²) in [6, 6.07) is 15.6. The van der Waals surface area contributed by atoms with Gasteiger partial charge in [0.05, 0.1) is 19.2 Å². The number of rotatable bonds is 5. The zero-order valence-corrected chi connectivity index (χ0v) is 11.5. The van der Waals surface area contributed by atoms with Crippen LogP contribution in [0.15, 0.2) is 48.5 Å². The molecule has 0 aromatic heterocycles. The molecule has 2 aromatic carbocycles. The number of fused-ring (bicyclic) bond motifs is 3. The van der Waals surface area contributed by atoms with Crippen molar-refractivity contribution in [3.05, 3.63) is 59.7 Å². The van der Waals surface area contributed by atoms with Crippen LogP contribution in [-0.2, 0) is 0 Å². The van der Waals surface area contributed by atoms with E-state index >= 15 is 0 Å². The molecule has 1 aliphatic carbocycles. The van der Waals surface area contributed by atoms with Crippen LogP contribution in [0, 0.1) is 0 Å². The molecule has 0 unspecified atom stereocenters. The molecule has 21 heavy (non-hydrogen) atoms. The van der Waals surface area contributed by atoms with Crippen LogP contribution in [0.5, 0.6) is 0 Å². The summed E-state index contributed by atoms with van der Waals surface area (Å²) < 4.78 is 25.8. The number of benzene rings is 2. The van der Waals surface area contributed by atoms with Gasteiger partial charge in [-0.15, -0.1) is 0 Å². The van der Waals surface area contributed by atoms with Crippen LogP contribution in [0.25, 0.3) is 11.1 Å². The van der Waals surface area contributed by atoms with Gasteiger partial charge >= 0.3 is 0 Å². The third kappa shape index (κ3) is 2.57. The van der Waals surface area contributed by atoms with E-state index in [1.54, 1.807) is 4.90 Å². The van der Waals surface area contributed by atoms with E-state index in [1.165, 1.54) is 0 Å². The molecule has 3 rings (SSSR count). The number of aliphatic hydroxyl groups excluding tert-OH is 1. The summed E-state index contributed by atoms with van der Waals surface area (Å²) in [5.41, 5.74) is 4.26. The van der Waals surface area contributed by atoms with Gasteiger partial charge in [-0.05, 0) is 22.3 Å². The van der Waals surface area contributed by atoms with E-state index in [1.807, 2.05) is 48.5 Å².